The molecular weight excluding hydrogens is 425 g/mol. The first kappa shape index (κ1) is 29.6. The van der Waals surface area contributed by atoms with Crippen molar-refractivity contribution in [3.63, 3.8) is 0 Å². The van der Waals surface area contributed by atoms with Gasteiger partial charge in [-0.3, -0.25) is 9.59 Å². The van der Waals surface area contributed by atoms with E-state index in [1.165, 1.54) is 50.2 Å². The number of urea groups is 1. The van der Waals surface area contributed by atoms with E-state index in [2.05, 4.69) is 20.9 Å². The Balaban J connectivity index is 0. The molecule has 0 saturated carbocycles. The van der Waals surface area contributed by atoms with Gasteiger partial charge in [-0.1, -0.05) is 24.3 Å². The molecule has 2 aromatic carbocycles. The van der Waals surface area contributed by atoms with Crippen molar-refractivity contribution in [2.24, 2.45) is 11.5 Å². The Kier molecular flexibility index (Phi) is 14.5. The fraction of sp³-hybridized carbons (Fsp3) is 0.105. The second-order valence-corrected chi connectivity index (χ2v) is 5.16. The van der Waals surface area contributed by atoms with Gasteiger partial charge in [0.15, 0.2) is 0 Å². The van der Waals surface area contributed by atoms with Gasteiger partial charge in [0, 0.05) is 25.0 Å². The van der Waals surface area contributed by atoms with E-state index in [4.69, 9.17) is 4.79 Å². The molecule has 0 spiro atoms. The Hall–Kier alpha value is -3.64. The van der Waals surface area contributed by atoms with Crippen molar-refractivity contribution in [1.29, 1.82) is 0 Å². The number of primary amides is 2. The molecule has 2 rings (SSSR count). The molecule has 2 amide bonds. The van der Waals surface area contributed by atoms with Crippen molar-refractivity contribution in [2.75, 3.05) is 0 Å². The van der Waals surface area contributed by atoms with E-state index in [-0.39, 0.29) is 45.7 Å². The number of carboxylic acid groups (broad SMARTS) is 2. The summed E-state index contributed by atoms with van der Waals surface area (Å²) < 4.78 is 9.29. The van der Waals surface area contributed by atoms with Crippen LogP contribution >= 0.6 is 0 Å². The molecule has 0 aliphatic carbocycles. The van der Waals surface area contributed by atoms with Crippen LogP contribution in [0.15, 0.2) is 48.5 Å². The molecule has 0 aliphatic heterocycles. The summed E-state index contributed by atoms with van der Waals surface area (Å²) in [6, 6.07) is 10.8. The third-order valence-electron chi connectivity index (χ3n) is 2.72. The molecule has 12 heteroatoms. The standard InChI is InChI=1S/2C9H8O4.CH4N2O.Mg/c2*1-6(10)13-8-5-3-2-4-7(8)9(11)12;2-1(3)4;/h2*2-5H,1H3,(H,11,12);(H4,2,3,4);/q;;;+2/p-2. The first-order valence-corrected chi connectivity index (χ1v) is 7.98. The van der Waals surface area contributed by atoms with E-state index < -0.39 is 29.9 Å². The molecule has 0 bridgehead atoms. The summed E-state index contributed by atoms with van der Waals surface area (Å²) in [6.07, 6.45) is 0. The molecule has 0 unspecified atom stereocenters. The van der Waals surface area contributed by atoms with Gasteiger partial charge in [-0.2, -0.15) is 0 Å². The summed E-state index contributed by atoms with van der Waals surface area (Å²) in [5, 5.41) is 21.0. The predicted octanol–water partition coefficient (Wildman–Crippen LogP) is -1.41. The molecule has 0 atom stereocenters. The number of carboxylic acids is 2. The van der Waals surface area contributed by atoms with Gasteiger partial charge < -0.3 is 40.7 Å². The van der Waals surface area contributed by atoms with Gasteiger partial charge in [0.2, 0.25) is 0 Å². The Morgan fingerprint density at radius 1 is 0.677 bits per heavy atom. The molecule has 0 aromatic heterocycles. The summed E-state index contributed by atoms with van der Waals surface area (Å²) in [5.74, 6) is -3.83. The maximum Gasteiger partial charge on any atom is 2.00 e. The SMILES string of the molecule is CC(=O)Oc1ccccc1C(=O)[O-].CC(=O)Oc1ccccc1C(=O)[O-].NC(N)=O.[Mg+2]. The number of esters is 2. The van der Waals surface area contributed by atoms with E-state index in [1.807, 2.05) is 0 Å². The Morgan fingerprint density at radius 3 is 1.16 bits per heavy atom. The van der Waals surface area contributed by atoms with Gasteiger partial charge >= 0.3 is 41.0 Å². The van der Waals surface area contributed by atoms with Gasteiger partial charge in [-0.15, -0.1) is 0 Å². The van der Waals surface area contributed by atoms with Crippen LogP contribution in [0.3, 0.4) is 0 Å². The average molecular weight is 443 g/mol. The summed E-state index contributed by atoms with van der Waals surface area (Å²) in [7, 11) is 0. The maximum atomic E-state index is 10.6. The number of hydrogen-bond acceptors (Lipinski definition) is 9. The molecule has 4 N–H and O–H groups in total. The van der Waals surface area contributed by atoms with Gasteiger partial charge in [-0.25, -0.2) is 4.79 Å². The van der Waals surface area contributed by atoms with Crippen molar-refractivity contribution in [3.8, 4) is 11.5 Å². The summed E-state index contributed by atoms with van der Waals surface area (Å²) in [5.41, 5.74) is 8.25. The number of hydrogen-bond donors (Lipinski definition) is 2. The molecule has 31 heavy (non-hydrogen) atoms. The molecule has 11 nitrogen and oxygen atoms in total. The van der Waals surface area contributed by atoms with Crippen molar-refractivity contribution in [3.05, 3.63) is 59.7 Å². The monoisotopic (exact) mass is 442 g/mol. The van der Waals surface area contributed by atoms with Crippen molar-refractivity contribution in [1.82, 2.24) is 0 Å². The Morgan fingerprint density at radius 2 is 0.935 bits per heavy atom. The number of benzene rings is 2. The van der Waals surface area contributed by atoms with E-state index >= 15 is 0 Å². The minimum absolute atomic E-state index is 0. The van der Waals surface area contributed by atoms with Crippen molar-refractivity contribution in [2.45, 2.75) is 13.8 Å². The van der Waals surface area contributed by atoms with E-state index in [9.17, 15) is 29.4 Å². The van der Waals surface area contributed by atoms with Crippen LogP contribution in [-0.4, -0.2) is 53.0 Å². The molecule has 0 saturated heterocycles. The molecule has 0 aliphatic rings. The van der Waals surface area contributed by atoms with Gasteiger partial charge in [0.25, 0.3) is 0 Å². The fourth-order valence-electron chi connectivity index (χ4n) is 1.76. The molecule has 160 valence electrons. The van der Waals surface area contributed by atoms with Crippen LogP contribution in [-0.2, 0) is 9.59 Å². The van der Waals surface area contributed by atoms with E-state index in [1.54, 1.807) is 12.1 Å². The Labute approximate surface area is 193 Å². The molecule has 0 heterocycles. The average Bonchev–Trinajstić information content (AvgIpc) is 2.61. The number of aromatic carboxylic acids is 2. The first-order valence-electron chi connectivity index (χ1n) is 7.98. The van der Waals surface area contributed by atoms with Crippen molar-refractivity contribution < 1.29 is 43.7 Å². The van der Waals surface area contributed by atoms with Gasteiger partial charge in [0.05, 0.1) is 11.9 Å². The Bertz CT molecular complexity index is 859. The van der Waals surface area contributed by atoms with E-state index in [0.717, 1.165) is 0 Å². The zero-order valence-electron chi connectivity index (χ0n) is 16.7. The predicted molar refractivity (Wildman–Crippen MR) is 104 cm³/mol. The van der Waals surface area contributed by atoms with Gasteiger partial charge in [0.1, 0.15) is 11.5 Å². The van der Waals surface area contributed by atoms with Crippen LogP contribution in [0.25, 0.3) is 0 Å². The molecule has 0 fully saturated rings. The van der Waals surface area contributed by atoms with Crippen LogP contribution in [0.4, 0.5) is 4.79 Å². The van der Waals surface area contributed by atoms with Gasteiger partial charge in [-0.05, 0) is 24.3 Å². The fourth-order valence-corrected chi connectivity index (χ4v) is 1.76. The second-order valence-electron chi connectivity index (χ2n) is 5.16. The largest absolute Gasteiger partial charge is 2.00 e. The van der Waals surface area contributed by atoms with E-state index in [0.29, 0.717) is 0 Å². The van der Waals surface area contributed by atoms with Crippen LogP contribution in [0.5, 0.6) is 11.5 Å². The normalized spacial score (nSPS) is 8.58. The van der Waals surface area contributed by atoms with Crippen molar-refractivity contribution >= 4 is 53.0 Å². The molecular formula is C19H18MgN2O9. The quantitative estimate of drug-likeness (QED) is 0.324. The molecule has 2 aromatic rings. The van der Waals surface area contributed by atoms with Crippen LogP contribution < -0.4 is 31.2 Å². The summed E-state index contributed by atoms with van der Waals surface area (Å²) >= 11 is 0. The third-order valence-corrected chi connectivity index (χ3v) is 2.72. The number of para-hydroxylation sites is 2. The van der Waals surface area contributed by atoms with Crippen LogP contribution in [0.2, 0.25) is 0 Å². The number of carbonyl (C=O) groups excluding carboxylic acids is 5. The topological polar surface area (TPSA) is 202 Å². The summed E-state index contributed by atoms with van der Waals surface area (Å²) in [6.45, 7) is 2.40. The minimum atomic E-state index is -1.36. The number of rotatable bonds is 4. The third kappa shape index (κ3) is 13.2. The zero-order chi connectivity index (χ0) is 23.3. The van der Waals surface area contributed by atoms with Crippen LogP contribution in [0, 0.1) is 0 Å². The zero-order valence-corrected chi connectivity index (χ0v) is 18.1. The minimum Gasteiger partial charge on any atom is -0.545 e. The maximum absolute atomic E-state index is 10.6. The number of nitrogens with two attached hydrogens (primary N) is 2. The first-order chi connectivity index (χ1) is 14.0. The van der Waals surface area contributed by atoms with Crippen LogP contribution in [0.1, 0.15) is 34.6 Å². The number of carbonyl (C=O) groups is 5. The number of amides is 2. The number of ether oxygens (including phenoxy) is 2. The smallest absolute Gasteiger partial charge is 0.545 e. The summed E-state index contributed by atoms with van der Waals surface area (Å²) in [4.78, 5) is 51.1. The second kappa shape index (κ2) is 15.2. The molecule has 0 radical (unpaired) electrons.